The van der Waals surface area contributed by atoms with E-state index in [4.69, 9.17) is 0 Å². The summed E-state index contributed by atoms with van der Waals surface area (Å²) in [5.41, 5.74) is -3.77. The number of aromatic nitrogens is 1. The maximum atomic E-state index is 12.7. The van der Waals surface area contributed by atoms with Gasteiger partial charge >= 0.3 is 19.5 Å². The van der Waals surface area contributed by atoms with Crippen LogP contribution >= 0.6 is 0 Å². The van der Waals surface area contributed by atoms with Crippen molar-refractivity contribution in [3.63, 3.8) is 0 Å². The zero-order chi connectivity index (χ0) is 17.4. The predicted octanol–water partition coefficient (Wildman–Crippen LogP) is 2.47. The van der Waals surface area contributed by atoms with E-state index in [2.05, 4.69) is 4.98 Å². The Balaban J connectivity index is 2.65. The smallest absolute Gasteiger partial charge is 0.423 e. The van der Waals surface area contributed by atoms with Crippen LogP contribution in [0.1, 0.15) is 11.3 Å². The summed E-state index contributed by atoms with van der Waals surface area (Å²) in [7, 11) is -2.19. The fourth-order valence-corrected chi connectivity index (χ4v) is 1.91. The molecule has 2 rings (SSSR count). The molecule has 0 bridgehead atoms. The molecule has 1 aromatic heterocycles. The van der Waals surface area contributed by atoms with E-state index in [0.29, 0.717) is 12.1 Å². The van der Waals surface area contributed by atoms with Gasteiger partial charge in [0, 0.05) is 11.0 Å². The maximum Gasteiger partial charge on any atom is 0.490 e. The van der Waals surface area contributed by atoms with E-state index >= 15 is 0 Å². The first-order chi connectivity index (χ1) is 10.5. The minimum absolute atomic E-state index is 0.311. The molecule has 0 atom stereocenters. The molecular weight excluding hydrogens is 327 g/mol. The lowest BCUT2D eigenvalue weighted by Gasteiger charge is -2.14. The topological polar surface area (TPSA) is 53.4 Å². The van der Waals surface area contributed by atoms with E-state index in [1.165, 1.54) is 0 Å². The first-order valence-corrected chi connectivity index (χ1v) is 6.12. The summed E-state index contributed by atoms with van der Waals surface area (Å²) in [6.45, 7) is 0. The largest absolute Gasteiger partial charge is 0.490 e. The van der Waals surface area contributed by atoms with Gasteiger partial charge in [0.05, 0.1) is 11.3 Å². The summed E-state index contributed by atoms with van der Waals surface area (Å²) < 4.78 is 76.3. The normalized spacial score (nSPS) is 12.3. The minimum Gasteiger partial charge on any atom is -0.423 e. The molecule has 0 radical (unpaired) electrons. The SMILES string of the molecule is OB(O)c1ccc(C(F)(F)F)nc1-c1cccc(C(F)(F)F)c1. The summed E-state index contributed by atoms with van der Waals surface area (Å²) in [4.78, 5) is 3.25. The van der Waals surface area contributed by atoms with Crippen molar-refractivity contribution in [3.05, 3.63) is 47.7 Å². The van der Waals surface area contributed by atoms with Crippen molar-refractivity contribution < 1.29 is 36.4 Å². The number of alkyl halides is 6. The van der Waals surface area contributed by atoms with Crippen molar-refractivity contribution in [2.24, 2.45) is 0 Å². The van der Waals surface area contributed by atoms with E-state index in [1.54, 1.807) is 0 Å². The molecule has 0 fully saturated rings. The summed E-state index contributed by atoms with van der Waals surface area (Å²) in [5.74, 6) is 0. The van der Waals surface area contributed by atoms with Crippen molar-refractivity contribution in [1.29, 1.82) is 0 Å². The highest BCUT2D eigenvalue weighted by atomic mass is 19.4. The number of nitrogens with zero attached hydrogens (tertiary/aromatic N) is 1. The van der Waals surface area contributed by atoms with Crippen LogP contribution in [0, 0.1) is 0 Å². The Morgan fingerprint density at radius 3 is 2.04 bits per heavy atom. The average molecular weight is 335 g/mol. The van der Waals surface area contributed by atoms with Gasteiger partial charge < -0.3 is 10.0 Å². The quantitative estimate of drug-likeness (QED) is 0.655. The molecule has 0 amide bonds. The van der Waals surface area contributed by atoms with Crippen LogP contribution in [-0.2, 0) is 12.4 Å². The Bertz CT molecular complexity index is 714. The molecule has 23 heavy (non-hydrogen) atoms. The van der Waals surface area contributed by atoms with Crippen LogP contribution in [0.4, 0.5) is 26.3 Å². The number of halogens is 6. The molecule has 0 spiro atoms. The second-order valence-electron chi connectivity index (χ2n) is 4.58. The molecule has 2 aromatic rings. The third kappa shape index (κ3) is 3.83. The summed E-state index contributed by atoms with van der Waals surface area (Å²) >= 11 is 0. The molecule has 10 heteroatoms. The fraction of sp³-hybridized carbons (Fsp3) is 0.154. The van der Waals surface area contributed by atoms with Crippen LogP contribution in [0.15, 0.2) is 36.4 Å². The van der Waals surface area contributed by atoms with Gasteiger partial charge in [-0.3, -0.25) is 0 Å². The van der Waals surface area contributed by atoms with E-state index < -0.39 is 41.9 Å². The van der Waals surface area contributed by atoms with E-state index in [-0.39, 0.29) is 5.56 Å². The Morgan fingerprint density at radius 2 is 1.52 bits per heavy atom. The average Bonchev–Trinajstić information content (AvgIpc) is 2.45. The molecule has 0 saturated heterocycles. The molecule has 1 aromatic carbocycles. The molecule has 3 nitrogen and oxygen atoms in total. The number of benzene rings is 1. The minimum atomic E-state index is -4.82. The second kappa shape index (κ2) is 5.86. The molecule has 0 unspecified atom stereocenters. The van der Waals surface area contributed by atoms with Gasteiger partial charge in [-0.1, -0.05) is 18.2 Å². The van der Waals surface area contributed by atoms with E-state index in [0.717, 1.165) is 24.3 Å². The molecule has 2 N–H and O–H groups in total. The van der Waals surface area contributed by atoms with Crippen LogP contribution in [0.25, 0.3) is 11.3 Å². The first kappa shape index (κ1) is 17.3. The Kier molecular flexibility index (Phi) is 4.40. The molecular formula is C13H8BF6NO2. The monoisotopic (exact) mass is 335 g/mol. The Morgan fingerprint density at radius 1 is 0.870 bits per heavy atom. The van der Waals surface area contributed by atoms with Crippen molar-refractivity contribution in [2.45, 2.75) is 12.4 Å². The van der Waals surface area contributed by atoms with Gasteiger partial charge in [0.1, 0.15) is 5.69 Å². The maximum absolute atomic E-state index is 12.7. The molecule has 0 aliphatic rings. The Hall–Kier alpha value is -2.07. The van der Waals surface area contributed by atoms with E-state index in [9.17, 15) is 36.4 Å². The lowest BCUT2D eigenvalue weighted by molar-refractivity contribution is -0.141. The van der Waals surface area contributed by atoms with Gasteiger partial charge in [0.2, 0.25) is 0 Å². The van der Waals surface area contributed by atoms with Crippen LogP contribution < -0.4 is 5.46 Å². The third-order valence-electron chi connectivity index (χ3n) is 2.96. The highest BCUT2D eigenvalue weighted by Gasteiger charge is 2.35. The second-order valence-corrected chi connectivity index (χ2v) is 4.58. The van der Waals surface area contributed by atoms with Gasteiger partial charge in [-0.05, 0) is 18.2 Å². The number of pyridine rings is 1. The first-order valence-electron chi connectivity index (χ1n) is 6.12. The summed E-state index contributed by atoms with van der Waals surface area (Å²) in [5, 5.41) is 18.4. The van der Waals surface area contributed by atoms with Crippen LogP contribution in [0.2, 0.25) is 0 Å². The molecule has 0 saturated carbocycles. The molecule has 122 valence electrons. The van der Waals surface area contributed by atoms with Crippen LogP contribution in [0.3, 0.4) is 0 Å². The zero-order valence-electron chi connectivity index (χ0n) is 11.2. The zero-order valence-corrected chi connectivity index (χ0v) is 11.2. The van der Waals surface area contributed by atoms with Crippen molar-refractivity contribution in [3.8, 4) is 11.3 Å². The lowest BCUT2D eigenvalue weighted by Crippen LogP contribution is -2.33. The van der Waals surface area contributed by atoms with E-state index in [1.807, 2.05) is 0 Å². The lowest BCUT2D eigenvalue weighted by atomic mass is 9.77. The van der Waals surface area contributed by atoms with Crippen LogP contribution in [0.5, 0.6) is 0 Å². The predicted molar refractivity (Wildman–Crippen MR) is 69.5 cm³/mol. The molecule has 1 heterocycles. The van der Waals surface area contributed by atoms with Crippen molar-refractivity contribution in [1.82, 2.24) is 4.98 Å². The highest BCUT2D eigenvalue weighted by molar-refractivity contribution is 6.60. The van der Waals surface area contributed by atoms with Gasteiger partial charge in [0.15, 0.2) is 0 Å². The van der Waals surface area contributed by atoms with Gasteiger partial charge in [-0.25, -0.2) is 4.98 Å². The summed E-state index contributed by atoms with van der Waals surface area (Å²) in [6.07, 6.45) is -9.52. The van der Waals surface area contributed by atoms with Crippen LogP contribution in [-0.4, -0.2) is 22.2 Å². The van der Waals surface area contributed by atoms with Gasteiger partial charge in [-0.15, -0.1) is 0 Å². The molecule has 0 aliphatic heterocycles. The number of hydrogen-bond acceptors (Lipinski definition) is 3. The third-order valence-corrected chi connectivity index (χ3v) is 2.96. The van der Waals surface area contributed by atoms with Crippen molar-refractivity contribution >= 4 is 12.6 Å². The van der Waals surface area contributed by atoms with Gasteiger partial charge in [0.25, 0.3) is 0 Å². The van der Waals surface area contributed by atoms with Crippen molar-refractivity contribution in [2.75, 3.05) is 0 Å². The summed E-state index contributed by atoms with van der Waals surface area (Å²) in [6, 6.07) is 4.71. The van der Waals surface area contributed by atoms with Gasteiger partial charge in [-0.2, -0.15) is 26.3 Å². The highest BCUT2D eigenvalue weighted by Crippen LogP contribution is 2.33. The molecule has 0 aliphatic carbocycles. The Labute approximate surface area is 126 Å². The number of hydrogen-bond donors (Lipinski definition) is 2. The standard InChI is InChI=1S/C13H8BF6NO2/c15-12(16,17)8-3-1-2-7(6-8)11-9(14(22)23)4-5-10(21-11)13(18,19)20/h1-6,22-23H. The fourth-order valence-electron chi connectivity index (χ4n) is 1.91. The number of rotatable bonds is 2.